The summed E-state index contributed by atoms with van der Waals surface area (Å²) in [7, 11) is -1.55. The molecule has 0 radical (unpaired) electrons. The molecule has 2 N–H and O–H groups in total. The van der Waals surface area contributed by atoms with E-state index in [9.17, 15) is 10.0 Å². The van der Waals surface area contributed by atoms with Crippen molar-refractivity contribution in [3.8, 4) is 0 Å². The van der Waals surface area contributed by atoms with E-state index in [1.807, 2.05) is 30.3 Å². The van der Waals surface area contributed by atoms with Crippen molar-refractivity contribution in [2.24, 2.45) is 0 Å². The predicted octanol–water partition coefficient (Wildman–Crippen LogP) is 2.03. The van der Waals surface area contributed by atoms with Crippen LogP contribution in [0.3, 0.4) is 0 Å². The Labute approximate surface area is 106 Å². The van der Waals surface area contributed by atoms with Crippen LogP contribution in [0.1, 0.15) is 0 Å². The third-order valence-electron chi connectivity index (χ3n) is 2.75. The summed E-state index contributed by atoms with van der Waals surface area (Å²) in [5.74, 6) is 0. The Morgan fingerprint density at radius 1 is 1.06 bits per heavy atom. The van der Waals surface area contributed by atoms with Crippen LogP contribution in [0.15, 0.2) is 45.3 Å². The molecular weight excluding hydrogens is 283 g/mol. The van der Waals surface area contributed by atoms with Gasteiger partial charge in [-0.2, -0.15) is 0 Å². The zero-order valence-corrected chi connectivity index (χ0v) is 10.3. The van der Waals surface area contributed by atoms with Crippen molar-refractivity contribution < 1.29 is 14.5 Å². The van der Waals surface area contributed by atoms with Crippen LogP contribution in [-0.2, 0) is 0 Å². The van der Waals surface area contributed by atoms with E-state index in [0.29, 0.717) is 11.0 Å². The molecule has 0 aliphatic heterocycles. The molecule has 1 aromatic heterocycles. The van der Waals surface area contributed by atoms with Gasteiger partial charge < -0.3 is 14.5 Å². The predicted molar refractivity (Wildman–Crippen MR) is 71.2 cm³/mol. The first-order valence-corrected chi connectivity index (χ1v) is 5.93. The number of benzene rings is 2. The SMILES string of the molecule is OB(O)c1cc(Br)cc2c1oc1ccccc12. The number of hydrogen-bond donors (Lipinski definition) is 2. The summed E-state index contributed by atoms with van der Waals surface area (Å²) in [6.07, 6.45) is 0. The van der Waals surface area contributed by atoms with Crippen molar-refractivity contribution in [2.45, 2.75) is 0 Å². The van der Waals surface area contributed by atoms with Gasteiger partial charge in [-0.15, -0.1) is 0 Å². The number of halogens is 1. The van der Waals surface area contributed by atoms with Crippen molar-refractivity contribution in [3.05, 3.63) is 40.9 Å². The van der Waals surface area contributed by atoms with Crippen LogP contribution >= 0.6 is 15.9 Å². The minimum absolute atomic E-state index is 0.366. The van der Waals surface area contributed by atoms with Gasteiger partial charge in [0.05, 0.1) is 0 Å². The molecule has 0 unspecified atom stereocenters. The minimum atomic E-state index is -1.55. The Kier molecular flexibility index (Phi) is 2.47. The summed E-state index contributed by atoms with van der Waals surface area (Å²) in [5.41, 5.74) is 1.62. The zero-order chi connectivity index (χ0) is 12.0. The van der Waals surface area contributed by atoms with Crippen LogP contribution in [-0.4, -0.2) is 17.2 Å². The van der Waals surface area contributed by atoms with E-state index in [0.717, 1.165) is 20.8 Å². The second-order valence-electron chi connectivity index (χ2n) is 3.84. The zero-order valence-electron chi connectivity index (χ0n) is 8.72. The largest absolute Gasteiger partial charge is 0.492 e. The highest BCUT2D eigenvalue weighted by Crippen LogP contribution is 2.29. The average Bonchev–Trinajstić information content (AvgIpc) is 2.66. The molecule has 84 valence electrons. The van der Waals surface area contributed by atoms with Crippen LogP contribution in [0.4, 0.5) is 0 Å². The van der Waals surface area contributed by atoms with Crippen molar-refractivity contribution in [1.82, 2.24) is 0 Å². The van der Waals surface area contributed by atoms with Crippen LogP contribution in [0, 0.1) is 0 Å². The van der Waals surface area contributed by atoms with Gasteiger partial charge in [-0.1, -0.05) is 34.1 Å². The first-order valence-electron chi connectivity index (χ1n) is 5.13. The minimum Gasteiger partial charge on any atom is -0.456 e. The normalized spacial score (nSPS) is 11.2. The van der Waals surface area contributed by atoms with E-state index < -0.39 is 7.12 Å². The molecule has 0 bridgehead atoms. The van der Waals surface area contributed by atoms with E-state index in [-0.39, 0.29) is 0 Å². The van der Waals surface area contributed by atoms with Crippen molar-refractivity contribution >= 4 is 50.4 Å². The third kappa shape index (κ3) is 1.67. The van der Waals surface area contributed by atoms with Crippen LogP contribution < -0.4 is 5.46 Å². The maximum Gasteiger partial charge on any atom is 0.492 e. The molecule has 3 aromatic rings. The smallest absolute Gasteiger partial charge is 0.456 e. The molecule has 0 spiro atoms. The van der Waals surface area contributed by atoms with Crippen molar-refractivity contribution in [3.63, 3.8) is 0 Å². The number of furan rings is 1. The van der Waals surface area contributed by atoms with Crippen LogP contribution in [0.25, 0.3) is 21.9 Å². The first-order chi connectivity index (χ1) is 8.16. The highest BCUT2D eigenvalue weighted by molar-refractivity contribution is 9.10. The Bertz CT molecular complexity index is 705. The molecule has 5 heteroatoms. The van der Waals surface area contributed by atoms with E-state index in [1.165, 1.54) is 0 Å². The number of fused-ring (bicyclic) bond motifs is 3. The fraction of sp³-hybridized carbons (Fsp3) is 0. The molecule has 0 aliphatic rings. The third-order valence-corrected chi connectivity index (χ3v) is 3.21. The average molecular weight is 291 g/mol. The number of rotatable bonds is 1. The highest BCUT2D eigenvalue weighted by atomic mass is 79.9. The molecular formula is C12H8BBrO3. The van der Waals surface area contributed by atoms with Crippen LogP contribution in [0.2, 0.25) is 0 Å². The quantitative estimate of drug-likeness (QED) is 0.674. The van der Waals surface area contributed by atoms with Gasteiger partial charge in [-0.3, -0.25) is 0 Å². The summed E-state index contributed by atoms with van der Waals surface area (Å²) in [4.78, 5) is 0. The lowest BCUT2D eigenvalue weighted by Crippen LogP contribution is -2.30. The molecule has 0 aliphatic carbocycles. The summed E-state index contributed by atoms with van der Waals surface area (Å²) < 4.78 is 6.45. The maximum atomic E-state index is 9.35. The number of para-hydroxylation sites is 1. The molecule has 0 amide bonds. The van der Waals surface area contributed by atoms with Gasteiger partial charge in [-0.25, -0.2) is 0 Å². The van der Waals surface area contributed by atoms with E-state index in [2.05, 4.69) is 15.9 Å². The van der Waals surface area contributed by atoms with E-state index >= 15 is 0 Å². The van der Waals surface area contributed by atoms with Crippen LogP contribution in [0.5, 0.6) is 0 Å². The summed E-state index contributed by atoms with van der Waals surface area (Å²) in [6.45, 7) is 0. The fourth-order valence-corrected chi connectivity index (χ4v) is 2.48. The monoisotopic (exact) mass is 290 g/mol. The van der Waals surface area contributed by atoms with Gasteiger partial charge in [-0.05, 0) is 18.2 Å². The lowest BCUT2D eigenvalue weighted by molar-refractivity contribution is 0.425. The second kappa shape index (κ2) is 3.87. The Morgan fingerprint density at radius 2 is 1.82 bits per heavy atom. The Balaban J connectivity index is 2.51. The van der Waals surface area contributed by atoms with E-state index in [1.54, 1.807) is 6.07 Å². The fourth-order valence-electron chi connectivity index (χ4n) is 2.01. The molecule has 17 heavy (non-hydrogen) atoms. The molecule has 0 saturated heterocycles. The Hall–Kier alpha value is -1.30. The van der Waals surface area contributed by atoms with Gasteiger partial charge in [0.1, 0.15) is 11.2 Å². The molecule has 0 atom stereocenters. The molecule has 3 rings (SSSR count). The molecule has 0 saturated carbocycles. The molecule has 0 fully saturated rings. The first kappa shape index (κ1) is 10.8. The summed E-state index contributed by atoms with van der Waals surface area (Å²) >= 11 is 3.36. The molecule has 1 heterocycles. The van der Waals surface area contributed by atoms with Gasteiger partial charge in [0.2, 0.25) is 0 Å². The van der Waals surface area contributed by atoms with Crippen molar-refractivity contribution in [1.29, 1.82) is 0 Å². The van der Waals surface area contributed by atoms with Gasteiger partial charge in [0, 0.05) is 20.7 Å². The summed E-state index contributed by atoms with van der Waals surface area (Å²) in [5, 5.41) is 20.5. The lowest BCUT2D eigenvalue weighted by Gasteiger charge is -2.01. The maximum absolute atomic E-state index is 9.35. The molecule has 2 aromatic carbocycles. The summed E-state index contributed by atoms with van der Waals surface area (Å²) in [6, 6.07) is 11.2. The van der Waals surface area contributed by atoms with Gasteiger partial charge in [0.15, 0.2) is 0 Å². The lowest BCUT2D eigenvalue weighted by atomic mass is 9.79. The highest BCUT2D eigenvalue weighted by Gasteiger charge is 2.20. The van der Waals surface area contributed by atoms with E-state index in [4.69, 9.17) is 4.42 Å². The Morgan fingerprint density at radius 3 is 2.59 bits per heavy atom. The van der Waals surface area contributed by atoms with Crippen molar-refractivity contribution in [2.75, 3.05) is 0 Å². The standard InChI is InChI=1S/C12H8BBrO3/c14-7-5-9-8-3-1-2-4-11(8)17-12(9)10(6-7)13(15)16/h1-6,15-16H. The number of hydrogen-bond acceptors (Lipinski definition) is 3. The second-order valence-corrected chi connectivity index (χ2v) is 4.76. The molecule has 3 nitrogen and oxygen atoms in total. The topological polar surface area (TPSA) is 53.6 Å². The van der Waals surface area contributed by atoms with Gasteiger partial charge in [0.25, 0.3) is 0 Å². The van der Waals surface area contributed by atoms with Gasteiger partial charge >= 0.3 is 7.12 Å².